The Morgan fingerprint density at radius 1 is 1.31 bits per heavy atom. The van der Waals surface area contributed by atoms with Gasteiger partial charge in [0.1, 0.15) is 5.82 Å². The van der Waals surface area contributed by atoms with E-state index in [-0.39, 0.29) is 23.4 Å². The Labute approximate surface area is 172 Å². The van der Waals surface area contributed by atoms with E-state index >= 15 is 0 Å². The SMILES string of the molecule is CCOC(=O)N1CCC(NC(N)=NCC2(c3cccc(F)c3)CCCCC2)CC1. The van der Waals surface area contributed by atoms with Crippen LogP contribution in [0, 0.1) is 5.82 Å². The third-order valence-corrected chi connectivity index (χ3v) is 6.17. The second kappa shape index (κ2) is 9.94. The van der Waals surface area contributed by atoms with Gasteiger partial charge in [-0.05, 0) is 50.3 Å². The molecule has 1 amide bonds. The molecule has 0 aromatic heterocycles. The van der Waals surface area contributed by atoms with Crippen LogP contribution >= 0.6 is 0 Å². The predicted molar refractivity (Wildman–Crippen MR) is 112 cm³/mol. The molecule has 0 spiro atoms. The number of ether oxygens (including phenoxy) is 1. The van der Waals surface area contributed by atoms with Gasteiger partial charge in [0.2, 0.25) is 0 Å². The number of carbonyl (C=O) groups excluding carboxylic acids is 1. The highest BCUT2D eigenvalue weighted by Crippen LogP contribution is 2.40. The van der Waals surface area contributed by atoms with E-state index in [0.29, 0.717) is 32.2 Å². The van der Waals surface area contributed by atoms with E-state index in [2.05, 4.69) is 10.3 Å². The van der Waals surface area contributed by atoms with Gasteiger partial charge in [-0.25, -0.2) is 9.18 Å². The number of nitrogens with one attached hydrogen (secondary N) is 1. The Hall–Kier alpha value is -2.31. The number of hydrogen-bond donors (Lipinski definition) is 2. The molecule has 1 aromatic carbocycles. The second-order valence-corrected chi connectivity index (χ2v) is 8.16. The quantitative estimate of drug-likeness (QED) is 0.581. The Balaban J connectivity index is 1.58. The maximum Gasteiger partial charge on any atom is 0.409 e. The van der Waals surface area contributed by atoms with Gasteiger partial charge in [-0.3, -0.25) is 4.99 Å². The number of hydrogen-bond acceptors (Lipinski definition) is 3. The van der Waals surface area contributed by atoms with E-state index in [1.807, 2.05) is 13.0 Å². The minimum atomic E-state index is -0.248. The minimum absolute atomic E-state index is 0.139. The summed E-state index contributed by atoms with van der Waals surface area (Å²) < 4.78 is 18.9. The van der Waals surface area contributed by atoms with Gasteiger partial charge in [0.05, 0.1) is 13.2 Å². The van der Waals surface area contributed by atoms with Crippen molar-refractivity contribution >= 4 is 12.1 Å². The lowest BCUT2D eigenvalue weighted by Gasteiger charge is -2.37. The monoisotopic (exact) mass is 404 g/mol. The van der Waals surface area contributed by atoms with Crippen LogP contribution in [0.3, 0.4) is 0 Å². The molecule has 0 unspecified atom stereocenters. The van der Waals surface area contributed by atoms with E-state index in [1.165, 1.54) is 12.5 Å². The van der Waals surface area contributed by atoms with E-state index < -0.39 is 0 Å². The number of aliphatic imine (C=N–C) groups is 1. The summed E-state index contributed by atoms with van der Waals surface area (Å²) in [6.45, 7) is 4.07. The van der Waals surface area contributed by atoms with Crippen molar-refractivity contribution in [2.24, 2.45) is 10.7 Å². The van der Waals surface area contributed by atoms with Crippen molar-refractivity contribution in [3.63, 3.8) is 0 Å². The molecule has 0 atom stereocenters. The largest absolute Gasteiger partial charge is 0.450 e. The van der Waals surface area contributed by atoms with Gasteiger partial charge in [0.25, 0.3) is 0 Å². The molecule has 29 heavy (non-hydrogen) atoms. The summed E-state index contributed by atoms with van der Waals surface area (Å²) >= 11 is 0. The summed E-state index contributed by atoms with van der Waals surface area (Å²) in [5.74, 6) is 0.233. The zero-order valence-electron chi connectivity index (χ0n) is 17.3. The number of amides is 1. The van der Waals surface area contributed by atoms with E-state index in [0.717, 1.165) is 44.1 Å². The Kier molecular flexibility index (Phi) is 7.34. The van der Waals surface area contributed by atoms with Crippen molar-refractivity contribution in [2.75, 3.05) is 26.2 Å². The molecule has 1 aromatic rings. The molecular formula is C22H33FN4O2. The smallest absolute Gasteiger partial charge is 0.409 e. The molecule has 160 valence electrons. The van der Waals surface area contributed by atoms with Crippen LogP contribution in [0.2, 0.25) is 0 Å². The first kappa shape index (κ1) is 21.4. The average molecular weight is 405 g/mol. The first-order chi connectivity index (χ1) is 14.0. The van der Waals surface area contributed by atoms with Gasteiger partial charge in [-0.15, -0.1) is 0 Å². The number of piperidine rings is 1. The topological polar surface area (TPSA) is 80.0 Å². The number of carbonyl (C=O) groups is 1. The number of likely N-dealkylation sites (tertiary alicyclic amines) is 1. The molecule has 1 aliphatic carbocycles. The molecule has 0 bridgehead atoms. The van der Waals surface area contributed by atoms with Gasteiger partial charge < -0.3 is 20.7 Å². The zero-order valence-corrected chi connectivity index (χ0v) is 17.3. The first-order valence-electron chi connectivity index (χ1n) is 10.8. The summed E-state index contributed by atoms with van der Waals surface area (Å²) in [4.78, 5) is 18.2. The number of rotatable bonds is 5. The van der Waals surface area contributed by atoms with E-state index in [1.54, 1.807) is 17.0 Å². The molecule has 7 heteroatoms. The fraction of sp³-hybridized carbons (Fsp3) is 0.636. The molecule has 3 rings (SSSR count). The third-order valence-electron chi connectivity index (χ3n) is 6.17. The van der Waals surface area contributed by atoms with Crippen LogP contribution in [0.25, 0.3) is 0 Å². The average Bonchev–Trinajstić information content (AvgIpc) is 2.74. The maximum absolute atomic E-state index is 13.8. The fourth-order valence-corrected chi connectivity index (χ4v) is 4.50. The van der Waals surface area contributed by atoms with Crippen LogP contribution in [-0.2, 0) is 10.2 Å². The summed E-state index contributed by atoms with van der Waals surface area (Å²) in [6.07, 6.45) is 6.86. The standard InChI is InChI=1S/C22H33FN4O2/c1-2-29-21(28)27-13-9-19(10-14-27)26-20(24)25-16-22(11-4-3-5-12-22)17-7-6-8-18(23)15-17/h6-8,15,19H,2-5,9-14,16H2,1H3,(H3,24,25,26). The Morgan fingerprint density at radius 3 is 2.69 bits per heavy atom. The molecule has 2 fully saturated rings. The van der Waals surface area contributed by atoms with Crippen molar-refractivity contribution in [2.45, 2.75) is 63.3 Å². The highest BCUT2D eigenvalue weighted by atomic mass is 19.1. The number of guanidine groups is 1. The minimum Gasteiger partial charge on any atom is -0.450 e. The van der Waals surface area contributed by atoms with Crippen molar-refractivity contribution < 1.29 is 13.9 Å². The molecule has 0 radical (unpaired) electrons. The Bertz CT molecular complexity index is 711. The number of nitrogens with two attached hydrogens (primary N) is 1. The van der Waals surface area contributed by atoms with Gasteiger partial charge in [0, 0.05) is 24.5 Å². The molecular weight excluding hydrogens is 371 g/mol. The molecule has 3 N–H and O–H groups in total. The van der Waals surface area contributed by atoms with Crippen LogP contribution in [0.1, 0.15) is 57.4 Å². The van der Waals surface area contributed by atoms with Crippen LogP contribution in [0.5, 0.6) is 0 Å². The highest BCUT2D eigenvalue weighted by Gasteiger charge is 2.34. The van der Waals surface area contributed by atoms with Gasteiger partial charge in [-0.1, -0.05) is 31.4 Å². The number of halogens is 1. The van der Waals surface area contributed by atoms with Crippen LogP contribution in [0.4, 0.5) is 9.18 Å². The molecule has 1 aliphatic heterocycles. The number of nitrogens with zero attached hydrogens (tertiary/aromatic N) is 2. The van der Waals surface area contributed by atoms with Crippen molar-refractivity contribution in [3.05, 3.63) is 35.6 Å². The fourth-order valence-electron chi connectivity index (χ4n) is 4.50. The zero-order chi connectivity index (χ0) is 20.7. The number of benzene rings is 1. The van der Waals surface area contributed by atoms with Crippen molar-refractivity contribution in [1.29, 1.82) is 0 Å². The summed E-state index contributed by atoms with van der Waals surface area (Å²) in [5, 5.41) is 3.30. The second-order valence-electron chi connectivity index (χ2n) is 8.16. The van der Waals surface area contributed by atoms with Crippen LogP contribution < -0.4 is 11.1 Å². The summed E-state index contributed by atoms with van der Waals surface area (Å²) in [6, 6.07) is 7.13. The van der Waals surface area contributed by atoms with Crippen LogP contribution in [-0.4, -0.2) is 49.2 Å². The van der Waals surface area contributed by atoms with Crippen molar-refractivity contribution in [3.8, 4) is 0 Å². The van der Waals surface area contributed by atoms with Gasteiger partial charge in [0.15, 0.2) is 5.96 Å². The lowest BCUT2D eigenvalue weighted by atomic mass is 9.69. The van der Waals surface area contributed by atoms with E-state index in [9.17, 15) is 9.18 Å². The third kappa shape index (κ3) is 5.61. The van der Waals surface area contributed by atoms with Gasteiger partial charge >= 0.3 is 6.09 Å². The normalized spacial score (nSPS) is 20.3. The molecule has 1 saturated carbocycles. The first-order valence-corrected chi connectivity index (χ1v) is 10.8. The van der Waals surface area contributed by atoms with Gasteiger partial charge in [-0.2, -0.15) is 0 Å². The summed E-state index contributed by atoms with van der Waals surface area (Å²) in [5.41, 5.74) is 7.08. The lowest BCUT2D eigenvalue weighted by Crippen LogP contribution is -2.49. The highest BCUT2D eigenvalue weighted by molar-refractivity contribution is 5.78. The molecule has 1 heterocycles. The van der Waals surface area contributed by atoms with Crippen molar-refractivity contribution in [1.82, 2.24) is 10.2 Å². The molecule has 1 saturated heterocycles. The molecule has 6 nitrogen and oxygen atoms in total. The lowest BCUT2D eigenvalue weighted by molar-refractivity contribution is 0.0963. The molecule has 2 aliphatic rings. The predicted octanol–water partition coefficient (Wildman–Crippen LogP) is 3.55. The Morgan fingerprint density at radius 2 is 2.03 bits per heavy atom. The van der Waals surface area contributed by atoms with E-state index in [4.69, 9.17) is 10.5 Å². The summed E-state index contributed by atoms with van der Waals surface area (Å²) in [7, 11) is 0. The maximum atomic E-state index is 13.8. The van der Waals surface area contributed by atoms with Crippen LogP contribution in [0.15, 0.2) is 29.3 Å².